The van der Waals surface area contributed by atoms with E-state index in [1.165, 1.54) is 19.3 Å². The molecule has 0 aromatic heterocycles. The van der Waals surface area contributed by atoms with Crippen LogP contribution in [0.15, 0.2) is 0 Å². The molecule has 1 aliphatic heterocycles. The summed E-state index contributed by atoms with van der Waals surface area (Å²) in [6.45, 7) is 10.5. The van der Waals surface area contributed by atoms with Gasteiger partial charge in [-0.2, -0.15) is 5.26 Å². The summed E-state index contributed by atoms with van der Waals surface area (Å²) in [5.74, 6) is 0.340. The van der Waals surface area contributed by atoms with Crippen LogP contribution in [0.1, 0.15) is 73.1 Å². The van der Waals surface area contributed by atoms with Gasteiger partial charge in [0.05, 0.1) is 17.3 Å². The molecule has 0 aliphatic carbocycles. The van der Waals surface area contributed by atoms with Crippen molar-refractivity contribution < 1.29 is 9.31 Å². The molecule has 0 radical (unpaired) electrons. The average Bonchev–Trinajstić information content (AvgIpc) is 2.53. The van der Waals surface area contributed by atoms with Gasteiger partial charge in [0.15, 0.2) is 0 Å². The molecule has 108 valence electrons. The van der Waals surface area contributed by atoms with Crippen molar-refractivity contribution in [3.8, 4) is 6.07 Å². The number of hydrogen-bond donors (Lipinski definition) is 0. The van der Waals surface area contributed by atoms with Crippen molar-refractivity contribution in [2.45, 2.75) is 90.2 Å². The minimum Gasteiger partial charge on any atom is -0.403 e. The maximum Gasteiger partial charge on any atom is 0.461 e. The second-order valence-corrected chi connectivity index (χ2v) is 6.58. The Kier molecular flexibility index (Phi) is 5.89. The molecule has 0 saturated carbocycles. The van der Waals surface area contributed by atoms with Crippen LogP contribution >= 0.6 is 0 Å². The van der Waals surface area contributed by atoms with Gasteiger partial charge in [0.1, 0.15) is 0 Å². The van der Waals surface area contributed by atoms with Crippen molar-refractivity contribution in [1.29, 1.82) is 5.26 Å². The van der Waals surface area contributed by atoms with Gasteiger partial charge in [0.25, 0.3) is 0 Å². The van der Waals surface area contributed by atoms with E-state index in [-0.39, 0.29) is 18.3 Å². The van der Waals surface area contributed by atoms with Crippen LogP contribution in [0, 0.1) is 11.3 Å². The van der Waals surface area contributed by atoms with Gasteiger partial charge in [-0.1, -0.05) is 32.6 Å². The Morgan fingerprint density at radius 2 is 1.63 bits per heavy atom. The summed E-state index contributed by atoms with van der Waals surface area (Å²) < 4.78 is 12.2. The van der Waals surface area contributed by atoms with E-state index in [0.717, 1.165) is 12.8 Å². The van der Waals surface area contributed by atoms with Gasteiger partial charge < -0.3 is 9.31 Å². The lowest BCUT2D eigenvalue weighted by molar-refractivity contribution is 0.00578. The van der Waals surface area contributed by atoms with Crippen molar-refractivity contribution >= 4 is 7.12 Å². The molecular formula is C15H28BNO2. The highest BCUT2D eigenvalue weighted by Crippen LogP contribution is 2.42. The number of unbranched alkanes of at least 4 members (excludes halogenated alkanes) is 2. The van der Waals surface area contributed by atoms with Crippen LogP contribution in [0.25, 0.3) is 0 Å². The molecule has 0 aromatic rings. The molecule has 1 atom stereocenters. The fourth-order valence-electron chi connectivity index (χ4n) is 2.40. The molecule has 0 spiro atoms. The standard InChI is InChI=1S/C15H28BNO2/c1-6-7-8-10-13(11-9-12-17)16-18-14(2,3)15(4,5)19-16/h13H,6-11H2,1-5H3. The Labute approximate surface area is 118 Å². The van der Waals surface area contributed by atoms with Crippen molar-refractivity contribution in [2.24, 2.45) is 0 Å². The molecule has 1 fully saturated rings. The molecule has 0 amide bonds. The number of nitrogens with zero attached hydrogens (tertiary/aromatic N) is 1. The molecule has 0 bridgehead atoms. The first-order chi connectivity index (χ1) is 8.84. The summed E-state index contributed by atoms with van der Waals surface area (Å²) in [4.78, 5) is 0. The Hall–Kier alpha value is -0.525. The maximum atomic E-state index is 8.80. The van der Waals surface area contributed by atoms with Gasteiger partial charge >= 0.3 is 7.12 Å². The van der Waals surface area contributed by atoms with Crippen molar-refractivity contribution in [2.75, 3.05) is 0 Å². The van der Waals surface area contributed by atoms with E-state index < -0.39 is 0 Å². The predicted octanol–water partition coefficient (Wildman–Crippen LogP) is 4.33. The topological polar surface area (TPSA) is 42.2 Å². The first-order valence-corrected chi connectivity index (χ1v) is 7.56. The van der Waals surface area contributed by atoms with E-state index in [2.05, 4.69) is 40.7 Å². The third kappa shape index (κ3) is 4.22. The lowest BCUT2D eigenvalue weighted by Gasteiger charge is -2.32. The molecule has 0 aromatic carbocycles. The molecule has 1 heterocycles. The normalized spacial score (nSPS) is 22.2. The fourth-order valence-corrected chi connectivity index (χ4v) is 2.40. The molecule has 4 heteroatoms. The van der Waals surface area contributed by atoms with E-state index in [4.69, 9.17) is 14.6 Å². The SMILES string of the molecule is CCCCCC(CCC#N)B1OC(C)(C)C(C)(C)O1. The molecular weight excluding hydrogens is 237 g/mol. The molecule has 1 unspecified atom stereocenters. The third-order valence-electron chi connectivity index (χ3n) is 4.46. The van der Waals surface area contributed by atoms with E-state index >= 15 is 0 Å². The van der Waals surface area contributed by atoms with E-state index in [1.807, 2.05) is 0 Å². The summed E-state index contributed by atoms with van der Waals surface area (Å²) in [5.41, 5.74) is -0.541. The van der Waals surface area contributed by atoms with Gasteiger partial charge in [-0.05, 0) is 39.9 Å². The second kappa shape index (κ2) is 6.77. The lowest BCUT2D eigenvalue weighted by Crippen LogP contribution is -2.41. The van der Waals surface area contributed by atoms with Crippen molar-refractivity contribution in [1.82, 2.24) is 0 Å². The van der Waals surface area contributed by atoms with E-state index in [1.54, 1.807) is 0 Å². The molecule has 0 N–H and O–H groups in total. The van der Waals surface area contributed by atoms with Gasteiger partial charge in [-0.25, -0.2) is 0 Å². The van der Waals surface area contributed by atoms with Gasteiger partial charge in [-0.15, -0.1) is 0 Å². The van der Waals surface area contributed by atoms with Crippen LogP contribution in [0.4, 0.5) is 0 Å². The summed E-state index contributed by atoms with van der Waals surface area (Å²) in [6, 6.07) is 2.24. The highest BCUT2D eigenvalue weighted by atomic mass is 16.7. The first kappa shape index (κ1) is 16.5. The number of rotatable bonds is 7. The number of hydrogen-bond acceptors (Lipinski definition) is 3. The van der Waals surface area contributed by atoms with Gasteiger partial charge in [0.2, 0.25) is 0 Å². The molecule has 1 saturated heterocycles. The van der Waals surface area contributed by atoms with Crippen LogP contribution in [0.2, 0.25) is 5.82 Å². The number of nitriles is 1. The molecule has 3 nitrogen and oxygen atoms in total. The summed E-state index contributed by atoms with van der Waals surface area (Å²) >= 11 is 0. The van der Waals surface area contributed by atoms with E-state index in [9.17, 15) is 0 Å². The fraction of sp³-hybridized carbons (Fsp3) is 0.933. The lowest BCUT2D eigenvalue weighted by atomic mass is 9.67. The minimum atomic E-state index is -0.271. The first-order valence-electron chi connectivity index (χ1n) is 7.56. The zero-order valence-electron chi connectivity index (χ0n) is 13.2. The third-order valence-corrected chi connectivity index (χ3v) is 4.46. The van der Waals surface area contributed by atoms with Crippen LogP contribution in [-0.4, -0.2) is 18.3 Å². The van der Waals surface area contributed by atoms with Crippen molar-refractivity contribution in [3.05, 3.63) is 0 Å². The highest BCUT2D eigenvalue weighted by molar-refractivity contribution is 6.47. The van der Waals surface area contributed by atoms with Crippen LogP contribution in [-0.2, 0) is 9.31 Å². The van der Waals surface area contributed by atoms with Gasteiger partial charge in [0, 0.05) is 6.42 Å². The summed E-state index contributed by atoms with van der Waals surface area (Å²) in [7, 11) is -0.157. The Balaban J connectivity index is 2.63. The second-order valence-electron chi connectivity index (χ2n) is 6.58. The smallest absolute Gasteiger partial charge is 0.403 e. The zero-order chi connectivity index (χ0) is 14.5. The summed E-state index contributed by atoms with van der Waals surface area (Å²) in [5, 5.41) is 8.80. The zero-order valence-corrected chi connectivity index (χ0v) is 13.2. The molecule has 1 aliphatic rings. The molecule has 1 rings (SSSR count). The largest absolute Gasteiger partial charge is 0.461 e. The Morgan fingerprint density at radius 3 is 2.11 bits per heavy atom. The van der Waals surface area contributed by atoms with Crippen LogP contribution < -0.4 is 0 Å². The molecule has 19 heavy (non-hydrogen) atoms. The highest BCUT2D eigenvalue weighted by Gasteiger charge is 2.53. The monoisotopic (exact) mass is 265 g/mol. The quantitative estimate of drug-likeness (QED) is 0.508. The Morgan fingerprint density at radius 1 is 1.05 bits per heavy atom. The average molecular weight is 265 g/mol. The maximum absolute atomic E-state index is 8.80. The van der Waals surface area contributed by atoms with Crippen LogP contribution in [0.3, 0.4) is 0 Å². The van der Waals surface area contributed by atoms with Gasteiger partial charge in [-0.3, -0.25) is 0 Å². The predicted molar refractivity (Wildman–Crippen MR) is 78.8 cm³/mol. The van der Waals surface area contributed by atoms with Crippen LogP contribution in [0.5, 0.6) is 0 Å². The minimum absolute atomic E-state index is 0.157. The van der Waals surface area contributed by atoms with E-state index in [0.29, 0.717) is 12.2 Å². The van der Waals surface area contributed by atoms with Crippen molar-refractivity contribution in [3.63, 3.8) is 0 Å². The summed E-state index contributed by atoms with van der Waals surface area (Å²) in [6.07, 6.45) is 6.19. The Bertz CT molecular complexity index is 307.